The van der Waals surface area contributed by atoms with Crippen LogP contribution >= 0.6 is 0 Å². The summed E-state index contributed by atoms with van der Waals surface area (Å²) < 4.78 is 18.8. The van der Waals surface area contributed by atoms with Crippen molar-refractivity contribution in [2.75, 3.05) is 19.8 Å². The van der Waals surface area contributed by atoms with Crippen molar-refractivity contribution < 1.29 is 14.1 Å². The second-order valence-electron chi connectivity index (χ2n) is 3.73. The van der Waals surface area contributed by atoms with E-state index in [0.29, 0.717) is 25.3 Å². The Morgan fingerprint density at radius 3 is 2.94 bits per heavy atom. The number of nitro benzene ring substituents is 1. The zero-order chi connectivity index (χ0) is 13.4. The number of rotatable bonds is 8. The third kappa shape index (κ3) is 4.38. The zero-order valence-corrected chi connectivity index (χ0v) is 10.3. The largest absolute Gasteiger partial charge is 0.382 e. The molecule has 0 aliphatic heterocycles. The minimum atomic E-state index is -0.764. The number of nitrogens with one attached hydrogen (secondary N) is 1. The van der Waals surface area contributed by atoms with Crippen LogP contribution in [0, 0.1) is 15.9 Å². The Kier molecular flexibility index (Phi) is 6.24. The van der Waals surface area contributed by atoms with Gasteiger partial charge in [0.2, 0.25) is 5.82 Å². The molecule has 0 bridgehead atoms. The highest BCUT2D eigenvalue weighted by Crippen LogP contribution is 2.19. The summed E-state index contributed by atoms with van der Waals surface area (Å²) in [6, 6.07) is 4.18. The average Bonchev–Trinajstić information content (AvgIpc) is 2.35. The van der Waals surface area contributed by atoms with Gasteiger partial charge in [0, 0.05) is 31.4 Å². The number of halogens is 1. The molecule has 0 amide bonds. The summed E-state index contributed by atoms with van der Waals surface area (Å²) in [5.41, 5.74) is -0.177. The molecule has 0 aromatic heterocycles. The minimum absolute atomic E-state index is 0.277. The summed E-state index contributed by atoms with van der Waals surface area (Å²) in [4.78, 5) is 9.84. The van der Waals surface area contributed by atoms with E-state index >= 15 is 0 Å². The van der Waals surface area contributed by atoms with Gasteiger partial charge in [0.15, 0.2) is 0 Å². The van der Waals surface area contributed by atoms with Crippen LogP contribution in [0.25, 0.3) is 0 Å². The Labute approximate surface area is 105 Å². The van der Waals surface area contributed by atoms with Crippen LogP contribution in [0.2, 0.25) is 0 Å². The lowest BCUT2D eigenvalue weighted by molar-refractivity contribution is -0.387. The first kappa shape index (κ1) is 14.5. The molecule has 1 aromatic carbocycles. The van der Waals surface area contributed by atoms with Crippen molar-refractivity contribution in [2.45, 2.75) is 19.9 Å². The molecular weight excluding hydrogens is 239 g/mol. The quantitative estimate of drug-likeness (QED) is 0.440. The van der Waals surface area contributed by atoms with E-state index in [1.54, 1.807) is 0 Å². The van der Waals surface area contributed by atoms with Crippen molar-refractivity contribution in [3.63, 3.8) is 0 Å². The fourth-order valence-corrected chi connectivity index (χ4v) is 1.51. The van der Waals surface area contributed by atoms with E-state index in [1.165, 1.54) is 12.1 Å². The maximum Gasteiger partial charge on any atom is 0.305 e. The normalized spacial score (nSPS) is 10.6. The summed E-state index contributed by atoms with van der Waals surface area (Å²) >= 11 is 0. The van der Waals surface area contributed by atoms with Crippen molar-refractivity contribution in [3.05, 3.63) is 39.7 Å². The predicted octanol–water partition coefficient (Wildman–Crippen LogP) is 2.25. The van der Waals surface area contributed by atoms with Crippen LogP contribution < -0.4 is 5.32 Å². The zero-order valence-electron chi connectivity index (χ0n) is 10.3. The van der Waals surface area contributed by atoms with E-state index in [9.17, 15) is 14.5 Å². The molecule has 0 spiro atoms. The van der Waals surface area contributed by atoms with Crippen LogP contribution in [0.5, 0.6) is 0 Å². The summed E-state index contributed by atoms with van der Waals surface area (Å²) in [5.74, 6) is -0.764. The molecule has 1 rings (SSSR count). The van der Waals surface area contributed by atoms with Crippen LogP contribution in [-0.2, 0) is 11.3 Å². The average molecular weight is 256 g/mol. The van der Waals surface area contributed by atoms with Crippen LogP contribution in [0.4, 0.5) is 10.1 Å². The third-order valence-electron chi connectivity index (χ3n) is 2.42. The van der Waals surface area contributed by atoms with E-state index < -0.39 is 16.4 Å². The number of hydrogen-bond donors (Lipinski definition) is 1. The molecule has 0 unspecified atom stereocenters. The van der Waals surface area contributed by atoms with Crippen LogP contribution in [-0.4, -0.2) is 24.7 Å². The highest BCUT2D eigenvalue weighted by molar-refractivity contribution is 5.36. The van der Waals surface area contributed by atoms with Crippen molar-refractivity contribution in [3.8, 4) is 0 Å². The highest BCUT2D eigenvalue weighted by atomic mass is 19.1. The molecule has 100 valence electrons. The number of nitro groups is 1. The predicted molar refractivity (Wildman–Crippen MR) is 65.9 cm³/mol. The SMILES string of the molecule is CCOCCCNCc1cccc([N+](=O)[O-])c1F. The van der Waals surface area contributed by atoms with E-state index in [1.807, 2.05) is 6.92 Å². The fraction of sp³-hybridized carbons (Fsp3) is 0.500. The molecule has 0 aliphatic carbocycles. The number of benzene rings is 1. The van der Waals surface area contributed by atoms with E-state index in [2.05, 4.69) is 5.32 Å². The van der Waals surface area contributed by atoms with Crippen molar-refractivity contribution in [1.82, 2.24) is 5.32 Å². The standard InChI is InChI=1S/C12H17FN2O3/c1-2-18-8-4-7-14-9-10-5-3-6-11(12(10)13)15(16)17/h3,5-6,14H,2,4,7-9H2,1H3. The van der Waals surface area contributed by atoms with E-state index in [-0.39, 0.29) is 6.54 Å². The topological polar surface area (TPSA) is 64.4 Å². The minimum Gasteiger partial charge on any atom is -0.382 e. The molecule has 0 fully saturated rings. The summed E-state index contributed by atoms with van der Waals surface area (Å²) in [5, 5.41) is 13.6. The van der Waals surface area contributed by atoms with Gasteiger partial charge in [0.05, 0.1) is 4.92 Å². The second kappa shape index (κ2) is 7.73. The lowest BCUT2D eigenvalue weighted by Crippen LogP contribution is -2.17. The van der Waals surface area contributed by atoms with Crippen LogP contribution in [0.1, 0.15) is 18.9 Å². The Balaban J connectivity index is 2.43. The van der Waals surface area contributed by atoms with Crippen molar-refractivity contribution in [1.29, 1.82) is 0 Å². The molecule has 5 nitrogen and oxygen atoms in total. The Bertz CT molecular complexity index is 399. The summed E-state index contributed by atoms with van der Waals surface area (Å²) in [7, 11) is 0. The molecule has 1 aromatic rings. The maximum absolute atomic E-state index is 13.6. The third-order valence-corrected chi connectivity index (χ3v) is 2.42. The summed E-state index contributed by atoms with van der Waals surface area (Å²) in [6.07, 6.45) is 0.824. The molecule has 0 atom stereocenters. The smallest absolute Gasteiger partial charge is 0.305 e. The van der Waals surface area contributed by atoms with Crippen molar-refractivity contribution in [2.24, 2.45) is 0 Å². The molecule has 0 heterocycles. The van der Waals surface area contributed by atoms with Gasteiger partial charge in [0.25, 0.3) is 0 Å². The molecule has 0 saturated carbocycles. The monoisotopic (exact) mass is 256 g/mol. The highest BCUT2D eigenvalue weighted by Gasteiger charge is 2.16. The van der Waals surface area contributed by atoms with Gasteiger partial charge < -0.3 is 10.1 Å². The molecule has 18 heavy (non-hydrogen) atoms. The molecule has 6 heteroatoms. The lowest BCUT2D eigenvalue weighted by Gasteiger charge is -2.06. The molecular formula is C12H17FN2O3. The van der Waals surface area contributed by atoms with E-state index in [0.717, 1.165) is 12.5 Å². The number of ether oxygens (including phenoxy) is 1. The number of nitrogens with zero attached hydrogens (tertiary/aromatic N) is 1. The maximum atomic E-state index is 13.6. The van der Waals surface area contributed by atoms with Gasteiger partial charge in [-0.1, -0.05) is 12.1 Å². The van der Waals surface area contributed by atoms with Gasteiger partial charge in [-0.2, -0.15) is 4.39 Å². The van der Waals surface area contributed by atoms with Gasteiger partial charge in [-0.05, 0) is 19.9 Å². The first-order chi connectivity index (χ1) is 8.66. The first-order valence-electron chi connectivity index (χ1n) is 5.87. The lowest BCUT2D eigenvalue weighted by atomic mass is 10.2. The Morgan fingerprint density at radius 2 is 2.28 bits per heavy atom. The van der Waals surface area contributed by atoms with Gasteiger partial charge in [-0.25, -0.2) is 0 Å². The van der Waals surface area contributed by atoms with Crippen molar-refractivity contribution >= 4 is 5.69 Å². The van der Waals surface area contributed by atoms with Crippen LogP contribution in [0.15, 0.2) is 18.2 Å². The van der Waals surface area contributed by atoms with Gasteiger partial charge in [-0.3, -0.25) is 10.1 Å². The van der Waals surface area contributed by atoms with Gasteiger partial charge in [-0.15, -0.1) is 0 Å². The fourth-order valence-electron chi connectivity index (χ4n) is 1.51. The van der Waals surface area contributed by atoms with Gasteiger partial charge in [0.1, 0.15) is 0 Å². The molecule has 0 aliphatic rings. The molecule has 0 saturated heterocycles. The van der Waals surface area contributed by atoms with E-state index in [4.69, 9.17) is 4.74 Å². The Morgan fingerprint density at radius 1 is 1.50 bits per heavy atom. The van der Waals surface area contributed by atoms with Crippen LogP contribution in [0.3, 0.4) is 0 Å². The molecule has 1 N–H and O–H groups in total. The molecule has 0 radical (unpaired) electrons. The Hall–Kier alpha value is -1.53. The second-order valence-corrected chi connectivity index (χ2v) is 3.73. The summed E-state index contributed by atoms with van der Waals surface area (Å²) in [6.45, 7) is 4.22. The van der Waals surface area contributed by atoms with Gasteiger partial charge >= 0.3 is 5.69 Å². The first-order valence-corrected chi connectivity index (χ1v) is 5.87. The number of hydrogen-bond acceptors (Lipinski definition) is 4.